The third kappa shape index (κ3) is 9.41. The van der Waals surface area contributed by atoms with Crippen molar-refractivity contribution >= 4 is 11.4 Å². The molecule has 2 aliphatic rings. The standard InChI is InChI=1S/C45H58N2O2/c1-2-3-4-5-6-7-8-11-34-16-18-35(19-17-34)36-28-30-45(31-29-36,37-20-24-41(25-21-37)48-43-14-9-12-39(46)32-43)38-22-26-42(27-23-38)49-44-15-10-13-40(47)33-44/h9-10,12-15,20-27,32-36H,2-8,11,16-19,28-31,46-47H2,1H3/t34-,35+. The Hall–Kier alpha value is -3.92. The summed E-state index contributed by atoms with van der Waals surface area (Å²) in [5.41, 5.74) is 16.1. The molecule has 0 unspecified atom stereocenters. The fraction of sp³-hybridized carbons (Fsp3) is 0.467. The maximum absolute atomic E-state index is 6.17. The summed E-state index contributed by atoms with van der Waals surface area (Å²) in [4.78, 5) is 0. The van der Waals surface area contributed by atoms with Crippen LogP contribution in [0.5, 0.6) is 23.0 Å². The Morgan fingerprint density at radius 1 is 0.531 bits per heavy atom. The summed E-state index contributed by atoms with van der Waals surface area (Å²) in [7, 11) is 0. The van der Waals surface area contributed by atoms with Crippen molar-refractivity contribution < 1.29 is 9.47 Å². The number of nitrogens with two attached hydrogens (primary N) is 2. The van der Waals surface area contributed by atoms with E-state index in [4.69, 9.17) is 20.9 Å². The zero-order chi connectivity index (χ0) is 33.9. The molecule has 4 aromatic rings. The first-order valence-corrected chi connectivity index (χ1v) is 19.3. The normalized spacial score (nSPS) is 19.4. The van der Waals surface area contributed by atoms with Crippen LogP contribution in [-0.2, 0) is 5.41 Å². The molecule has 2 saturated carbocycles. The van der Waals surface area contributed by atoms with Crippen molar-refractivity contribution in [2.24, 2.45) is 17.8 Å². The summed E-state index contributed by atoms with van der Waals surface area (Å²) < 4.78 is 12.3. The topological polar surface area (TPSA) is 70.5 Å². The lowest BCUT2D eigenvalue weighted by Crippen LogP contribution is -2.35. The molecule has 0 saturated heterocycles. The van der Waals surface area contributed by atoms with E-state index in [0.717, 1.165) is 40.8 Å². The fourth-order valence-corrected chi connectivity index (χ4v) is 8.80. The number of nitrogen functional groups attached to an aromatic ring is 2. The van der Waals surface area contributed by atoms with Crippen molar-refractivity contribution in [3.63, 3.8) is 0 Å². The van der Waals surface area contributed by atoms with Gasteiger partial charge in [-0.05, 0) is 116 Å². The Kier molecular flexibility index (Phi) is 12.2. The summed E-state index contributed by atoms with van der Waals surface area (Å²) in [6, 6.07) is 32.9. The van der Waals surface area contributed by atoms with E-state index in [0.29, 0.717) is 11.4 Å². The van der Waals surface area contributed by atoms with Gasteiger partial charge in [0, 0.05) is 28.9 Å². The molecule has 4 heteroatoms. The Balaban J connectivity index is 1.11. The average Bonchev–Trinajstić information content (AvgIpc) is 3.12. The third-order valence-corrected chi connectivity index (χ3v) is 11.7. The van der Waals surface area contributed by atoms with Crippen LogP contribution < -0.4 is 20.9 Å². The minimum Gasteiger partial charge on any atom is -0.457 e. The van der Waals surface area contributed by atoms with E-state index in [9.17, 15) is 0 Å². The first kappa shape index (κ1) is 34.9. The number of benzene rings is 4. The molecule has 0 heterocycles. The summed E-state index contributed by atoms with van der Waals surface area (Å²) >= 11 is 0. The summed E-state index contributed by atoms with van der Waals surface area (Å²) in [6.07, 6.45) is 22.1. The maximum Gasteiger partial charge on any atom is 0.129 e. The highest BCUT2D eigenvalue weighted by atomic mass is 16.5. The van der Waals surface area contributed by atoms with Gasteiger partial charge in [-0.15, -0.1) is 0 Å². The Morgan fingerprint density at radius 2 is 1.00 bits per heavy atom. The first-order valence-electron chi connectivity index (χ1n) is 19.3. The minimum atomic E-state index is -0.0315. The van der Waals surface area contributed by atoms with Crippen LogP contribution in [-0.4, -0.2) is 0 Å². The highest BCUT2D eigenvalue weighted by Gasteiger charge is 2.41. The van der Waals surface area contributed by atoms with Gasteiger partial charge in [-0.3, -0.25) is 0 Å². The average molecular weight is 659 g/mol. The lowest BCUT2D eigenvalue weighted by molar-refractivity contribution is 0.140. The number of hydrogen-bond acceptors (Lipinski definition) is 4. The monoisotopic (exact) mass is 658 g/mol. The molecule has 2 aliphatic carbocycles. The summed E-state index contributed by atoms with van der Waals surface area (Å²) in [5.74, 6) is 5.88. The molecule has 0 aromatic heterocycles. The molecule has 0 amide bonds. The summed E-state index contributed by atoms with van der Waals surface area (Å²) in [5, 5.41) is 0. The van der Waals surface area contributed by atoms with E-state index in [1.807, 2.05) is 48.5 Å². The van der Waals surface area contributed by atoms with Gasteiger partial charge in [0.1, 0.15) is 23.0 Å². The SMILES string of the molecule is CCCCCCCCC[C@H]1CC[C@@H](C2CCC(c3ccc(Oc4cccc(N)c4)cc3)(c3ccc(Oc4cccc(N)c4)cc3)CC2)CC1. The Labute approximate surface area is 295 Å². The van der Waals surface area contributed by atoms with E-state index in [1.165, 1.54) is 114 Å². The molecule has 49 heavy (non-hydrogen) atoms. The van der Waals surface area contributed by atoms with Gasteiger partial charge in [-0.2, -0.15) is 0 Å². The van der Waals surface area contributed by atoms with Crippen LogP contribution in [0.1, 0.15) is 121 Å². The number of anilines is 2. The van der Waals surface area contributed by atoms with Crippen LogP contribution in [0.2, 0.25) is 0 Å². The van der Waals surface area contributed by atoms with Gasteiger partial charge in [0.05, 0.1) is 0 Å². The van der Waals surface area contributed by atoms with Crippen LogP contribution in [0.3, 0.4) is 0 Å². The van der Waals surface area contributed by atoms with Crippen LogP contribution in [0, 0.1) is 17.8 Å². The van der Waals surface area contributed by atoms with Gasteiger partial charge >= 0.3 is 0 Å². The molecule has 4 aromatic carbocycles. The highest BCUT2D eigenvalue weighted by molar-refractivity contribution is 5.48. The van der Waals surface area contributed by atoms with E-state index in [1.54, 1.807) is 0 Å². The molecular weight excluding hydrogens is 601 g/mol. The lowest BCUT2D eigenvalue weighted by Gasteiger charge is -2.44. The molecule has 0 radical (unpaired) electrons. The molecule has 0 atom stereocenters. The molecule has 0 aliphatic heterocycles. The van der Waals surface area contributed by atoms with Crippen LogP contribution in [0.15, 0.2) is 97.1 Å². The second-order valence-corrected chi connectivity index (χ2v) is 15.0. The predicted molar refractivity (Wildman–Crippen MR) is 206 cm³/mol. The van der Waals surface area contributed by atoms with Crippen LogP contribution in [0.25, 0.3) is 0 Å². The van der Waals surface area contributed by atoms with Gasteiger partial charge < -0.3 is 20.9 Å². The van der Waals surface area contributed by atoms with Crippen molar-refractivity contribution in [3.8, 4) is 23.0 Å². The Bertz CT molecular complexity index is 1470. The van der Waals surface area contributed by atoms with Gasteiger partial charge in [-0.1, -0.05) is 108 Å². The molecule has 0 spiro atoms. The summed E-state index contributed by atoms with van der Waals surface area (Å²) in [6.45, 7) is 2.30. The molecule has 4 N–H and O–H groups in total. The fourth-order valence-electron chi connectivity index (χ4n) is 8.80. The van der Waals surface area contributed by atoms with Crippen molar-refractivity contribution in [2.45, 2.75) is 115 Å². The number of rotatable bonds is 15. The van der Waals surface area contributed by atoms with Gasteiger partial charge in [0.25, 0.3) is 0 Å². The number of hydrogen-bond donors (Lipinski definition) is 2. The highest BCUT2D eigenvalue weighted by Crippen LogP contribution is 2.51. The van der Waals surface area contributed by atoms with E-state index in [-0.39, 0.29) is 5.41 Å². The second kappa shape index (κ2) is 17.1. The molecule has 0 bridgehead atoms. The van der Waals surface area contributed by atoms with Crippen LogP contribution >= 0.6 is 0 Å². The first-order chi connectivity index (χ1) is 24.0. The smallest absolute Gasteiger partial charge is 0.129 e. The van der Waals surface area contributed by atoms with Crippen LogP contribution in [0.4, 0.5) is 11.4 Å². The van der Waals surface area contributed by atoms with Gasteiger partial charge in [-0.25, -0.2) is 0 Å². The second-order valence-electron chi connectivity index (χ2n) is 15.0. The Morgan fingerprint density at radius 3 is 1.49 bits per heavy atom. The molecule has 260 valence electrons. The van der Waals surface area contributed by atoms with Crippen molar-refractivity contribution in [2.75, 3.05) is 11.5 Å². The zero-order valence-corrected chi connectivity index (χ0v) is 29.8. The zero-order valence-electron chi connectivity index (χ0n) is 29.8. The van der Waals surface area contributed by atoms with E-state index in [2.05, 4.69) is 55.5 Å². The number of unbranched alkanes of at least 4 members (excludes halogenated alkanes) is 6. The lowest BCUT2D eigenvalue weighted by atomic mass is 9.60. The quantitative estimate of drug-likeness (QED) is 0.0985. The van der Waals surface area contributed by atoms with Gasteiger partial charge in [0.15, 0.2) is 0 Å². The van der Waals surface area contributed by atoms with Gasteiger partial charge in [0.2, 0.25) is 0 Å². The number of ether oxygens (including phenoxy) is 2. The third-order valence-electron chi connectivity index (χ3n) is 11.7. The predicted octanol–water partition coefficient (Wildman–Crippen LogP) is 12.9. The molecule has 2 fully saturated rings. The molecule has 4 nitrogen and oxygen atoms in total. The maximum atomic E-state index is 6.17. The minimum absolute atomic E-state index is 0.0315. The van der Waals surface area contributed by atoms with Crippen molar-refractivity contribution in [1.29, 1.82) is 0 Å². The molecular formula is C45H58N2O2. The van der Waals surface area contributed by atoms with Crippen molar-refractivity contribution in [3.05, 3.63) is 108 Å². The molecule has 6 rings (SSSR count). The largest absolute Gasteiger partial charge is 0.457 e. The van der Waals surface area contributed by atoms with E-state index >= 15 is 0 Å². The van der Waals surface area contributed by atoms with E-state index < -0.39 is 0 Å². The van der Waals surface area contributed by atoms with Crippen molar-refractivity contribution in [1.82, 2.24) is 0 Å².